The molecule has 0 saturated heterocycles. The van der Waals surface area contributed by atoms with Gasteiger partial charge in [0.05, 0.1) is 5.69 Å². The van der Waals surface area contributed by atoms with Crippen LogP contribution in [0.5, 0.6) is 5.75 Å². The quantitative estimate of drug-likeness (QED) is 0.756. The van der Waals surface area contributed by atoms with Gasteiger partial charge in [0.15, 0.2) is 0 Å². The first-order valence-corrected chi connectivity index (χ1v) is 7.89. The molecule has 0 unspecified atom stereocenters. The molecular weight excluding hydrogens is 310 g/mol. The lowest BCUT2D eigenvalue weighted by Gasteiger charge is -2.09. The van der Waals surface area contributed by atoms with E-state index in [0.29, 0.717) is 11.9 Å². The Bertz CT molecular complexity index is 524. The van der Waals surface area contributed by atoms with Gasteiger partial charge in [-0.1, -0.05) is 22.9 Å². The second-order valence-corrected chi connectivity index (χ2v) is 5.85. The molecule has 2 heterocycles. The summed E-state index contributed by atoms with van der Waals surface area (Å²) in [6.45, 7) is 4.78. The molecule has 2 nitrogen and oxygen atoms in total. The maximum atomic E-state index is 5.84. The highest BCUT2D eigenvalue weighted by Crippen LogP contribution is 2.23. The van der Waals surface area contributed by atoms with E-state index in [4.69, 9.17) is 4.74 Å². The number of rotatable bonds is 5. The fourth-order valence-electron chi connectivity index (χ4n) is 1.66. The minimum Gasteiger partial charge on any atom is -0.486 e. The molecule has 2 aromatic rings. The molecule has 0 fully saturated rings. The molecule has 0 aliphatic carbocycles. The van der Waals surface area contributed by atoms with Crippen molar-refractivity contribution >= 4 is 27.3 Å². The van der Waals surface area contributed by atoms with Crippen molar-refractivity contribution in [2.24, 2.45) is 0 Å². The molecule has 96 valence electrons. The molecule has 0 spiro atoms. The Labute approximate surface area is 120 Å². The van der Waals surface area contributed by atoms with Crippen molar-refractivity contribution in [2.75, 3.05) is 0 Å². The van der Waals surface area contributed by atoms with Crippen LogP contribution in [0.4, 0.5) is 0 Å². The second-order valence-electron chi connectivity index (χ2n) is 4.04. The molecule has 0 saturated carbocycles. The molecule has 18 heavy (non-hydrogen) atoms. The zero-order chi connectivity index (χ0) is 13.0. The van der Waals surface area contributed by atoms with Gasteiger partial charge in [0.25, 0.3) is 0 Å². The minimum absolute atomic E-state index is 0.620. The third-order valence-corrected chi connectivity index (χ3v) is 4.37. The Morgan fingerprint density at radius 2 is 2.00 bits per heavy atom. The molecule has 0 amide bonds. The molecule has 0 atom stereocenters. The largest absolute Gasteiger partial charge is 0.486 e. The SMILES string of the molecule is CCc1ccc(COc2ccc(C)nc2CBr)s1. The molecule has 0 N–H and O–H groups in total. The summed E-state index contributed by atoms with van der Waals surface area (Å²) in [6, 6.07) is 8.28. The Morgan fingerprint density at radius 1 is 1.22 bits per heavy atom. The zero-order valence-electron chi connectivity index (χ0n) is 10.6. The number of thiophene rings is 1. The molecule has 0 aromatic carbocycles. The maximum absolute atomic E-state index is 5.84. The summed E-state index contributed by atoms with van der Waals surface area (Å²) in [5, 5.41) is 0.717. The number of halogens is 1. The topological polar surface area (TPSA) is 22.1 Å². The first-order chi connectivity index (χ1) is 8.72. The number of aryl methyl sites for hydroxylation is 2. The summed E-state index contributed by atoms with van der Waals surface area (Å²) in [6.07, 6.45) is 1.09. The molecule has 4 heteroatoms. The van der Waals surface area contributed by atoms with E-state index in [2.05, 4.69) is 40.0 Å². The van der Waals surface area contributed by atoms with Crippen molar-refractivity contribution in [3.63, 3.8) is 0 Å². The van der Waals surface area contributed by atoms with Gasteiger partial charge in [-0.15, -0.1) is 11.3 Å². The molecule has 2 rings (SSSR count). The lowest BCUT2D eigenvalue weighted by Crippen LogP contribution is -1.99. The van der Waals surface area contributed by atoms with Crippen LogP contribution >= 0.6 is 27.3 Å². The zero-order valence-corrected chi connectivity index (χ0v) is 13.0. The predicted octanol–water partition coefficient (Wildman–Crippen LogP) is 4.49. The summed E-state index contributed by atoms with van der Waals surface area (Å²) in [4.78, 5) is 7.11. The van der Waals surface area contributed by atoms with Crippen LogP contribution in [0.2, 0.25) is 0 Å². The number of hydrogen-bond donors (Lipinski definition) is 0. The van der Waals surface area contributed by atoms with E-state index in [-0.39, 0.29) is 0 Å². The smallest absolute Gasteiger partial charge is 0.142 e. The normalized spacial score (nSPS) is 10.6. The van der Waals surface area contributed by atoms with Gasteiger partial charge >= 0.3 is 0 Å². The van der Waals surface area contributed by atoms with E-state index >= 15 is 0 Å². The van der Waals surface area contributed by atoms with Crippen molar-refractivity contribution in [3.8, 4) is 5.75 Å². The summed E-state index contributed by atoms with van der Waals surface area (Å²) >= 11 is 5.26. The highest BCUT2D eigenvalue weighted by atomic mass is 79.9. The standard InChI is InChI=1S/C14H16BrNOS/c1-3-11-5-6-12(18-11)9-17-14-7-4-10(2)16-13(14)8-15/h4-7H,3,8-9H2,1-2H3. The Kier molecular flexibility index (Phi) is 4.78. The van der Waals surface area contributed by atoms with Crippen LogP contribution in [0.15, 0.2) is 24.3 Å². The van der Waals surface area contributed by atoms with Gasteiger partial charge in [0.1, 0.15) is 12.4 Å². The van der Waals surface area contributed by atoms with Crippen LogP contribution in [0.1, 0.15) is 28.1 Å². The van der Waals surface area contributed by atoms with E-state index in [1.54, 1.807) is 0 Å². The average Bonchev–Trinajstić information content (AvgIpc) is 2.85. The Hall–Kier alpha value is -0.870. The molecule has 2 aromatic heterocycles. The van der Waals surface area contributed by atoms with Crippen LogP contribution in [0.3, 0.4) is 0 Å². The summed E-state index contributed by atoms with van der Waals surface area (Å²) in [7, 11) is 0. The van der Waals surface area contributed by atoms with Crippen molar-refractivity contribution in [1.29, 1.82) is 0 Å². The van der Waals surface area contributed by atoms with E-state index in [9.17, 15) is 0 Å². The van der Waals surface area contributed by atoms with Crippen molar-refractivity contribution in [2.45, 2.75) is 32.2 Å². The van der Waals surface area contributed by atoms with Crippen LogP contribution < -0.4 is 4.74 Å². The fourth-order valence-corrected chi connectivity index (χ4v) is 2.94. The van der Waals surface area contributed by atoms with Crippen LogP contribution in [0, 0.1) is 6.92 Å². The maximum Gasteiger partial charge on any atom is 0.142 e. The molecule has 0 aliphatic rings. The van der Waals surface area contributed by atoms with E-state index in [1.165, 1.54) is 9.75 Å². The van der Waals surface area contributed by atoms with Gasteiger partial charge in [-0.25, -0.2) is 0 Å². The van der Waals surface area contributed by atoms with Gasteiger partial charge in [0, 0.05) is 20.8 Å². The summed E-state index contributed by atoms with van der Waals surface area (Å²) < 4.78 is 5.84. The Morgan fingerprint density at radius 3 is 2.67 bits per heavy atom. The van der Waals surface area contributed by atoms with Crippen LogP contribution in [-0.2, 0) is 18.4 Å². The van der Waals surface area contributed by atoms with Crippen LogP contribution in [0.25, 0.3) is 0 Å². The summed E-state index contributed by atoms with van der Waals surface area (Å²) in [5.74, 6) is 0.865. The summed E-state index contributed by atoms with van der Waals surface area (Å²) in [5.41, 5.74) is 1.98. The number of aromatic nitrogens is 1. The Balaban J connectivity index is 2.05. The van der Waals surface area contributed by atoms with Gasteiger partial charge < -0.3 is 4.74 Å². The fraction of sp³-hybridized carbons (Fsp3) is 0.357. The highest BCUT2D eigenvalue weighted by Gasteiger charge is 2.06. The lowest BCUT2D eigenvalue weighted by molar-refractivity contribution is 0.305. The first-order valence-electron chi connectivity index (χ1n) is 5.95. The highest BCUT2D eigenvalue weighted by molar-refractivity contribution is 9.08. The second kappa shape index (κ2) is 6.34. The van der Waals surface area contributed by atoms with Gasteiger partial charge in [0.2, 0.25) is 0 Å². The van der Waals surface area contributed by atoms with Gasteiger partial charge in [-0.2, -0.15) is 0 Å². The van der Waals surface area contributed by atoms with E-state index in [0.717, 1.165) is 23.6 Å². The number of alkyl halides is 1. The number of nitrogens with zero attached hydrogens (tertiary/aromatic N) is 1. The van der Waals surface area contributed by atoms with E-state index < -0.39 is 0 Å². The third-order valence-electron chi connectivity index (χ3n) is 2.63. The number of hydrogen-bond acceptors (Lipinski definition) is 3. The first kappa shape index (κ1) is 13.6. The molecule has 0 radical (unpaired) electrons. The van der Waals surface area contributed by atoms with Crippen molar-refractivity contribution in [1.82, 2.24) is 4.98 Å². The molecular formula is C14H16BrNOS. The lowest BCUT2D eigenvalue weighted by atomic mass is 10.3. The number of pyridine rings is 1. The van der Waals surface area contributed by atoms with Gasteiger partial charge in [-0.3, -0.25) is 4.98 Å². The number of ether oxygens (including phenoxy) is 1. The molecule has 0 aliphatic heterocycles. The average molecular weight is 326 g/mol. The molecule has 0 bridgehead atoms. The van der Waals surface area contributed by atoms with E-state index in [1.807, 2.05) is 30.4 Å². The van der Waals surface area contributed by atoms with Gasteiger partial charge in [-0.05, 0) is 37.6 Å². The monoisotopic (exact) mass is 325 g/mol. The minimum atomic E-state index is 0.620. The van der Waals surface area contributed by atoms with Crippen LogP contribution in [-0.4, -0.2) is 4.98 Å². The van der Waals surface area contributed by atoms with Crippen molar-refractivity contribution in [3.05, 3.63) is 45.4 Å². The predicted molar refractivity (Wildman–Crippen MR) is 79.6 cm³/mol. The third kappa shape index (κ3) is 3.33. The van der Waals surface area contributed by atoms with Crippen molar-refractivity contribution < 1.29 is 4.74 Å².